The number of hydrogen-bond donors (Lipinski definition) is 2. The number of guanidine groups is 1. The minimum atomic E-state index is -0.275. The molecule has 1 aliphatic heterocycles. The second-order valence-electron chi connectivity index (χ2n) is 6.84. The van der Waals surface area contributed by atoms with E-state index in [4.69, 9.17) is 4.74 Å². The largest absolute Gasteiger partial charge is 0.497 e. The lowest BCUT2D eigenvalue weighted by Gasteiger charge is -2.20. The fourth-order valence-corrected chi connectivity index (χ4v) is 3.40. The molecule has 150 valence electrons. The summed E-state index contributed by atoms with van der Waals surface area (Å²) in [5.74, 6) is 1.81. The van der Waals surface area contributed by atoms with E-state index in [0.29, 0.717) is 12.4 Å². The molecule has 0 radical (unpaired) electrons. The van der Waals surface area contributed by atoms with Gasteiger partial charge < -0.3 is 20.3 Å². The van der Waals surface area contributed by atoms with Gasteiger partial charge in [-0.3, -0.25) is 4.99 Å². The molecule has 0 saturated carbocycles. The summed E-state index contributed by atoms with van der Waals surface area (Å²) < 4.78 is 19.2. The molecule has 1 unspecified atom stereocenters. The Morgan fingerprint density at radius 2 is 2.25 bits per heavy atom. The third-order valence-corrected chi connectivity index (χ3v) is 4.86. The van der Waals surface area contributed by atoms with E-state index >= 15 is 0 Å². The molecule has 2 heterocycles. The highest BCUT2D eigenvalue weighted by atomic mass is 19.1. The quantitative estimate of drug-likeness (QED) is 0.436. The maximum atomic E-state index is 13.9. The van der Waals surface area contributed by atoms with Gasteiger partial charge in [0.1, 0.15) is 5.75 Å². The van der Waals surface area contributed by atoms with Crippen molar-refractivity contribution in [3.05, 3.63) is 54.0 Å². The molecule has 1 atom stereocenters. The number of halogens is 1. The summed E-state index contributed by atoms with van der Waals surface area (Å²) in [5, 5.41) is 6.79. The zero-order chi connectivity index (χ0) is 19.8. The van der Waals surface area contributed by atoms with Crippen LogP contribution in [0.2, 0.25) is 0 Å². The summed E-state index contributed by atoms with van der Waals surface area (Å²) in [6, 6.07) is 11.4. The van der Waals surface area contributed by atoms with Gasteiger partial charge in [-0.2, -0.15) is 0 Å². The molecular formula is C21H28FN5O. The first-order valence-corrected chi connectivity index (χ1v) is 9.65. The first-order chi connectivity index (χ1) is 13.7. The Hall–Kier alpha value is -2.83. The van der Waals surface area contributed by atoms with Crippen LogP contribution < -0.4 is 20.3 Å². The first-order valence-electron chi connectivity index (χ1n) is 9.65. The van der Waals surface area contributed by atoms with Gasteiger partial charge in [-0.1, -0.05) is 12.1 Å². The van der Waals surface area contributed by atoms with Gasteiger partial charge in [0, 0.05) is 38.9 Å². The molecule has 1 aromatic carbocycles. The van der Waals surface area contributed by atoms with Gasteiger partial charge in [0.2, 0.25) is 0 Å². The number of pyridine rings is 1. The standard InChI is InChI=1S/C21H28FN5O/c1-23-21(25-12-4-7-16-6-3-8-18(14-16)28-2)26-17-10-13-27(15-17)20-19(22)9-5-11-24-20/h3,5-6,8-9,11,14,17H,4,7,10,12-13,15H2,1-2H3,(H2,23,25,26). The number of benzene rings is 1. The van der Waals surface area contributed by atoms with E-state index in [1.807, 2.05) is 17.0 Å². The van der Waals surface area contributed by atoms with Crippen LogP contribution in [0.3, 0.4) is 0 Å². The Labute approximate surface area is 165 Å². The van der Waals surface area contributed by atoms with E-state index in [1.165, 1.54) is 11.6 Å². The van der Waals surface area contributed by atoms with Gasteiger partial charge in [0.05, 0.1) is 7.11 Å². The fraction of sp³-hybridized carbons (Fsp3) is 0.429. The van der Waals surface area contributed by atoms with Crippen LogP contribution in [0, 0.1) is 5.82 Å². The molecule has 7 heteroatoms. The number of nitrogens with zero attached hydrogens (tertiary/aromatic N) is 3. The van der Waals surface area contributed by atoms with Crippen molar-refractivity contribution in [1.29, 1.82) is 0 Å². The molecule has 2 aromatic rings. The highest BCUT2D eigenvalue weighted by molar-refractivity contribution is 5.80. The molecule has 3 rings (SSSR count). The SMILES string of the molecule is CN=C(NCCCc1cccc(OC)c1)NC1CCN(c2ncccc2F)C1. The second kappa shape index (κ2) is 9.92. The number of methoxy groups -OCH3 is 1. The Bertz CT molecular complexity index is 798. The van der Waals surface area contributed by atoms with Crippen LogP contribution in [0.25, 0.3) is 0 Å². The van der Waals surface area contributed by atoms with Gasteiger partial charge >= 0.3 is 0 Å². The van der Waals surface area contributed by atoms with Crippen LogP contribution in [0.1, 0.15) is 18.4 Å². The summed E-state index contributed by atoms with van der Waals surface area (Å²) >= 11 is 0. The van der Waals surface area contributed by atoms with E-state index in [-0.39, 0.29) is 11.9 Å². The monoisotopic (exact) mass is 385 g/mol. The molecule has 1 aromatic heterocycles. The van der Waals surface area contributed by atoms with Gasteiger partial charge in [0.25, 0.3) is 0 Å². The zero-order valence-corrected chi connectivity index (χ0v) is 16.5. The van der Waals surface area contributed by atoms with Crippen molar-refractivity contribution in [2.45, 2.75) is 25.3 Å². The first kappa shape index (κ1) is 19.9. The highest BCUT2D eigenvalue weighted by Gasteiger charge is 2.25. The Morgan fingerprint density at radius 3 is 3.04 bits per heavy atom. The van der Waals surface area contributed by atoms with E-state index in [1.54, 1.807) is 26.4 Å². The number of aromatic nitrogens is 1. The summed E-state index contributed by atoms with van der Waals surface area (Å²) in [6.45, 7) is 2.30. The fourth-order valence-electron chi connectivity index (χ4n) is 3.40. The number of ether oxygens (including phenoxy) is 1. The normalized spacial score (nSPS) is 16.9. The molecule has 1 fully saturated rings. The maximum Gasteiger partial charge on any atom is 0.191 e. The molecule has 0 spiro atoms. The molecule has 28 heavy (non-hydrogen) atoms. The van der Waals surface area contributed by atoms with Crippen molar-refractivity contribution in [3.8, 4) is 5.75 Å². The van der Waals surface area contributed by atoms with Crippen LogP contribution in [-0.2, 0) is 6.42 Å². The predicted molar refractivity (Wildman–Crippen MR) is 111 cm³/mol. The van der Waals surface area contributed by atoms with E-state index in [2.05, 4.69) is 32.7 Å². The minimum absolute atomic E-state index is 0.214. The Morgan fingerprint density at radius 1 is 1.36 bits per heavy atom. The smallest absolute Gasteiger partial charge is 0.191 e. The summed E-state index contributed by atoms with van der Waals surface area (Å²) in [7, 11) is 3.45. The molecule has 0 bridgehead atoms. The lowest BCUT2D eigenvalue weighted by molar-refractivity contribution is 0.414. The lowest BCUT2D eigenvalue weighted by Crippen LogP contribution is -2.45. The molecule has 1 saturated heterocycles. The van der Waals surface area contributed by atoms with Crippen molar-refractivity contribution < 1.29 is 9.13 Å². The van der Waals surface area contributed by atoms with Gasteiger partial charge in [-0.15, -0.1) is 0 Å². The average Bonchev–Trinajstić information content (AvgIpc) is 3.19. The molecule has 6 nitrogen and oxygen atoms in total. The Balaban J connectivity index is 1.42. The summed E-state index contributed by atoms with van der Waals surface area (Å²) in [5.41, 5.74) is 1.26. The number of nitrogens with one attached hydrogen (secondary N) is 2. The van der Waals surface area contributed by atoms with Crippen molar-refractivity contribution in [2.24, 2.45) is 4.99 Å². The van der Waals surface area contributed by atoms with E-state index < -0.39 is 0 Å². The number of hydrogen-bond acceptors (Lipinski definition) is 4. The van der Waals surface area contributed by atoms with Crippen molar-refractivity contribution in [3.63, 3.8) is 0 Å². The Kier molecular flexibility index (Phi) is 7.06. The maximum absolute atomic E-state index is 13.9. The highest BCUT2D eigenvalue weighted by Crippen LogP contribution is 2.20. The summed E-state index contributed by atoms with van der Waals surface area (Å²) in [6.07, 6.45) is 4.50. The van der Waals surface area contributed by atoms with E-state index in [9.17, 15) is 4.39 Å². The van der Waals surface area contributed by atoms with Crippen molar-refractivity contribution in [2.75, 3.05) is 38.7 Å². The predicted octanol–water partition coefficient (Wildman–Crippen LogP) is 2.61. The van der Waals surface area contributed by atoms with E-state index in [0.717, 1.165) is 44.1 Å². The minimum Gasteiger partial charge on any atom is -0.497 e. The topological polar surface area (TPSA) is 61.8 Å². The number of aliphatic imine (C=N–C) groups is 1. The molecule has 2 N–H and O–H groups in total. The van der Waals surface area contributed by atoms with Crippen molar-refractivity contribution >= 4 is 11.8 Å². The number of aryl methyl sites for hydroxylation is 1. The van der Waals surface area contributed by atoms with Crippen molar-refractivity contribution in [1.82, 2.24) is 15.6 Å². The van der Waals surface area contributed by atoms with Crippen LogP contribution >= 0.6 is 0 Å². The molecule has 0 amide bonds. The van der Waals surface area contributed by atoms with Crippen LogP contribution in [0.5, 0.6) is 5.75 Å². The van der Waals surface area contributed by atoms with Gasteiger partial charge in [0.15, 0.2) is 17.6 Å². The zero-order valence-electron chi connectivity index (χ0n) is 16.5. The molecule has 1 aliphatic rings. The number of rotatable bonds is 7. The summed E-state index contributed by atoms with van der Waals surface area (Å²) in [4.78, 5) is 10.4. The third kappa shape index (κ3) is 5.34. The lowest BCUT2D eigenvalue weighted by atomic mass is 10.1. The third-order valence-electron chi connectivity index (χ3n) is 4.86. The second-order valence-corrected chi connectivity index (χ2v) is 6.84. The van der Waals surface area contributed by atoms with Gasteiger partial charge in [-0.05, 0) is 49.1 Å². The number of anilines is 1. The molecular weight excluding hydrogens is 357 g/mol. The van der Waals surface area contributed by atoms with Crippen LogP contribution in [0.4, 0.5) is 10.2 Å². The average molecular weight is 385 g/mol. The van der Waals surface area contributed by atoms with Gasteiger partial charge in [-0.25, -0.2) is 9.37 Å². The molecule has 0 aliphatic carbocycles. The van der Waals surface area contributed by atoms with Crippen LogP contribution in [0.15, 0.2) is 47.6 Å². The van der Waals surface area contributed by atoms with Crippen LogP contribution in [-0.4, -0.2) is 50.8 Å².